The van der Waals surface area contributed by atoms with E-state index in [1.165, 1.54) is 0 Å². The summed E-state index contributed by atoms with van der Waals surface area (Å²) < 4.78 is 0. The molecule has 0 unspecified atom stereocenters. The van der Waals surface area contributed by atoms with Crippen LogP contribution in [0.25, 0.3) is 11.3 Å². The molecular formula is C16H19N5O. The van der Waals surface area contributed by atoms with Crippen molar-refractivity contribution in [3.8, 4) is 11.3 Å². The molecule has 0 saturated carbocycles. The zero-order chi connectivity index (χ0) is 15.4. The molecule has 6 heteroatoms. The number of carbonyl (C=O) groups excluding carboxylic acids is 1. The maximum atomic E-state index is 11.7. The number of hydrogen-bond donors (Lipinski definition) is 0. The number of aromatic nitrogens is 3. The van der Waals surface area contributed by atoms with Crippen LogP contribution in [0.2, 0.25) is 0 Å². The molecule has 0 spiro atoms. The highest BCUT2D eigenvalue weighted by Crippen LogP contribution is 2.18. The molecule has 0 radical (unpaired) electrons. The quantitative estimate of drug-likeness (QED) is 0.861. The number of pyridine rings is 1. The number of carbonyl (C=O) groups is 1. The highest BCUT2D eigenvalue weighted by Gasteiger charge is 2.20. The second kappa shape index (κ2) is 6.51. The fraction of sp³-hybridized carbons (Fsp3) is 0.375. The largest absolute Gasteiger partial charge is 0.352 e. The number of amides is 1. The molecule has 1 fully saturated rings. The molecule has 0 aliphatic carbocycles. The molecule has 2 aromatic rings. The molecule has 1 aliphatic heterocycles. The number of anilines is 1. The van der Waals surface area contributed by atoms with Gasteiger partial charge in [0.2, 0.25) is 5.91 Å². The van der Waals surface area contributed by atoms with Gasteiger partial charge in [0.05, 0.1) is 5.69 Å². The van der Waals surface area contributed by atoms with E-state index in [1.807, 2.05) is 36.1 Å². The second-order valence-electron chi connectivity index (χ2n) is 5.23. The van der Waals surface area contributed by atoms with Crippen LogP contribution in [0.3, 0.4) is 0 Å². The minimum absolute atomic E-state index is 0.221. The van der Waals surface area contributed by atoms with E-state index in [-0.39, 0.29) is 5.91 Å². The van der Waals surface area contributed by atoms with Crippen molar-refractivity contribution >= 4 is 11.7 Å². The topological polar surface area (TPSA) is 62.2 Å². The Balaban J connectivity index is 1.66. The molecule has 1 aliphatic rings. The number of piperazine rings is 1. The van der Waals surface area contributed by atoms with Crippen LogP contribution in [0.4, 0.5) is 5.82 Å². The first-order valence-corrected chi connectivity index (χ1v) is 7.55. The van der Waals surface area contributed by atoms with E-state index in [1.54, 1.807) is 12.4 Å². The number of nitrogens with zero attached hydrogens (tertiary/aromatic N) is 5. The zero-order valence-corrected chi connectivity index (χ0v) is 12.6. The van der Waals surface area contributed by atoms with Crippen molar-refractivity contribution in [2.45, 2.75) is 13.3 Å². The van der Waals surface area contributed by atoms with Gasteiger partial charge in [-0.25, -0.2) is 0 Å². The molecule has 2 aromatic heterocycles. The van der Waals surface area contributed by atoms with Crippen molar-refractivity contribution in [1.29, 1.82) is 0 Å². The molecule has 6 nitrogen and oxygen atoms in total. The summed E-state index contributed by atoms with van der Waals surface area (Å²) in [6, 6.07) is 7.79. The Bertz CT molecular complexity index is 621. The van der Waals surface area contributed by atoms with Crippen LogP contribution in [-0.4, -0.2) is 52.2 Å². The van der Waals surface area contributed by atoms with Crippen LogP contribution >= 0.6 is 0 Å². The average Bonchev–Trinajstić information content (AvgIpc) is 2.62. The van der Waals surface area contributed by atoms with E-state index in [4.69, 9.17) is 0 Å². The Kier molecular flexibility index (Phi) is 4.27. The zero-order valence-electron chi connectivity index (χ0n) is 12.6. The van der Waals surface area contributed by atoms with E-state index in [0.29, 0.717) is 6.42 Å². The third kappa shape index (κ3) is 3.05. The SMILES string of the molecule is CCC(=O)N1CCN(c2ccc(-c3ccncc3)nn2)CC1. The predicted octanol–water partition coefficient (Wildman–Crippen LogP) is 1.60. The lowest BCUT2D eigenvalue weighted by Crippen LogP contribution is -2.48. The van der Waals surface area contributed by atoms with Gasteiger partial charge in [-0.3, -0.25) is 9.78 Å². The van der Waals surface area contributed by atoms with E-state index in [9.17, 15) is 4.79 Å². The molecule has 3 rings (SSSR count). The maximum absolute atomic E-state index is 11.7. The highest BCUT2D eigenvalue weighted by atomic mass is 16.2. The van der Waals surface area contributed by atoms with Crippen LogP contribution in [0.5, 0.6) is 0 Å². The lowest BCUT2D eigenvalue weighted by Gasteiger charge is -2.35. The van der Waals surface area contributed by atoms with Gasteiger partial charge in [0, 0.05) is 50.6 Å². The summed E-state index contributed by atoms with van der Waals surface area (Å²) in [4.78, 5) is 19.8. The van der Waals surface area contributed by atoms with E-state index in [0.717, 1.165) is 43.3 Å². The fourth-order valence-electron chi connectivity index (χ4n) is 2.58. The fourth-order valence-corrected chi connectivity index (χ4v) is 2.58. The molecular weight excluding hydrogens is 278 g/mol. The summed E-state index contributed by atoms with van der Waals surface area (Å²) in [5.74, 6) is 1.08. The summed E-state index contributed by atoms with van der Waals surface area (Å²) in [5.41, 5.74) is 1.85. The lowest BCUT2D eigenvalue weighted by molar-refractivity contribution is -0.131. The van der Waals surface area contributed by atoms with Gasteiger partial charge in [0.25, 0.3) is 0 Å². The van der Waals surface area contributed by atoms with Crippen molar-refractivity contribution in [1.82, 2.24) is 20.1 Å². The molecule has 1 saturated heterocycles. The van der Waals surface area contributed by atoms with Crippen LogP contribution < -0.4 is 4.90 Å². The Morgan fingerprint density at radius 2 is 1.77 bits per heavy atom. The van der Waals surface area contributed by atoms with Crippen LogP contribution in [0.1, 0.15) is 13.3 Å². The molecule has 22 heavy (non-hydrogen) atoms. The second-order valence-corrected chi connectivity index (χ2v) is 5.23. The van der Waals surface area contributed by atoms with E-state index < -0.39 is 0 Å². The van der Waals surface area contributed by atoms with Gasteiger partial charge in [-0.2, -0.15) is 0 Å². The molecule has 0 bridgehead atoms. The lowest BCUT2D eigenvalue weighted by atomic mass is 10.2. The molecule has 0 N–H and O–H groups in total. The molecule has 0 aromatic carbocycles. The van der Waals surface area contributed by atoms with Crippen molar-refractivity contribution in [2.24, 2.45) is 0 Å². The molecule has 1 amide bonds. The average molecular weight is 297 g/mol. The third-order valence-corrected chi connectivity index (χ3v) is 3.89. The normalized spacial score (nSPS) is 15.0. The molecule has 3 heterocycles. The van der Waals surface area contributed by atoms with Crippen molar-refractivity contribution in [3.05, 3.63) is 36.7 Å². The van der Waals surface area contributed by atoms with Crippen LogP contribution in [0.15, 0.2) is 36.7 Å². The van der Waals surface area contributed by atoms with Crippen LogP contribution in [0, 0.1) is 0 Å². The summed E-state index contributed by atoms with van der Waals surface area (Å²) in [7, 11) is 0. The molecule has 114 valence electrons. The molecule has 0 atom stereocenters. The Labute approximate surface area is 129 Å². The van der Waals surface area contributed by atoms with Crippen LogP contribution in [-0.2, 0) is 4.79 Å². The van der Waals surface area contributed by atoms with Crippen molar-refractivity contribution < 1.29 is 4.79 Å². The first-order chi connectivity index (χ1) is 10.8. The smallest absolute Gasteiger partial charge is 0.222 e. The minimum atomic E-state index is 0.221. The predicted molar refractivity (Wildman–Crippen MR) is 84.3 cm³/mol. The summed E-state index contributed by atoms with van der Waals surface area (Å²) in [5, 5.41) is 8.62. The first kappa shape index (κ1) is 14.4. The van der Waals surface area contributed by atoms with Gasteiger partial charge in [-0.05, 0) is 24.3 Å². The Morgan fingerprint density at radius 3 is 2.36 bits per heavy atom. The minimum Gasteiger partial charge on any atom is -0.352 e. The van der Waals surface area contributed by atoms with Gasteiger partial charge in [0.15, 0.2) is 5.82 Å². The van der Waals surface area contributed by atoms with Crippen molar-refractivity contribution in [3.63, 3.8) is 0 Å². The van der Waals surface area contributed by atoms with Gasteiger partial charge in [0.1, 0.15) is 0 Å². The van der Waals surface area contributed by atoms with Gasteiger partial charge < -0.3 is 9.80 Å². The van der Waals surface area contributed by atoms with Gasteiger partial charge in [-0.15, -0.1) is 10.2 Å². The Hall–Kier alpha value is -2.50. The monoisotopic (exact) mass is 297 g/mol. The van der Waals surface area contributed by atoms with Gasteiger partial charge in [-0.1, -0.05) is 6.92 Å². The summed E-state index contributed by atoms with van der Waals surface area (Å²) in [6.07, 6.45) is 4.06. The number of hydrogen-bond acceptors (Lipinski definition) is 5. The van der Waals surface area contributed by atoms with Gasteiger partial charge >= 0.3 is 0 Å². The maximum Gasteiger partial charge on any atom is 0.222 e. The van der Waals surface area contributed by atoms with Crippen molar-refractivity contribution in [2.75, 3.05) is 31.1 Å². The summed E-state index contributed by atoms with van der Waals surface area (Å²) >= 11 is 0. The highest BCUT2D eigenvalue weighted by molar-refractivity contribution is 5.76. The standard InChI is InChI=1S/C16H19N5O/c1-2-16(22)21-11-9-20(10-12-21)15-4-3-14(18-19-15)13-5-7-17-8-6-13/h3-8H,2,9-12H2,1H3. The third-order valence-electron chi connectivity index (χ3n) is 3.89. The van der Waals surface area contributed by atoms with E-state index in [2.05, 4.69) is 20.1 Å². The van der Waals surface area contributed by atoms with E-state index >= 15 is 0 Å². The first-order valence-electron chi connectivity index (χ1n) is 7.55. The number of rotatable bonds is 3. The summed E-state index contributed by atoms with van der Waals surface area (Å²) in [6.45, 7) is 5.00. The Morgan fingerprint density at radius 1 is 1.05 bits per heavy atom.